The first-order valence-corrected chi connectivity index (χ1v) is 6.51. The average Bonchev–Trinajstić information content (AvgIpc) is 2.83. The summed E-state index contributed by atoms with van der Waals surface area (Å²) < 4.78 is 41.6. The zero-order valence-electron chi connectivity index (χ0n) is 9.24. The molecule has 0 N–H and O–H groups in total. The summed E-state index contributed by atoms with van der Waals surface area (Å²) in [6.07, 6.45) is 5.06. The molecule has 0 saturated heterocycles. The second kappa shape index (κ2) is 4.04. The molecule has 0 amide bonds. The van der Waals surface area contributed by atoms with Crippen LogP contribution in [0, 0.1) is 0 Å². The molecular formula is C9H11NO6S. The summed E-state index contributed by atoms with van der Waals surface area (Å²) >= 11 is 0. The van der Waals surface area contributed by atoms with Crippen LogP contribution in [-0.4, -0.2) is 19.7 Å². The minimum absolute atomic E-state index is 0.130. The van der Waals surface area contributed by atoms with Gasteiger partial charge in [-0.05, 0) is 0 Å². The Balaban J connectivity index is 2.06. The number of hydrogen-bond acceptors (Lipinski definition) is 7. The standard InChI is InChI=1S/C9H11NO6S/c1-9(14-3-4-15-9)7-5-13-8(10-7)6-16-17(2,11)12/h3-5H,6H2,1-2H3. The zero-order valence-corrected chi connectivity index (χ0v) is 10.1. The fraction of sp³-hybridized carbons (Fsp3) is 0.444. The number of ether oxygens (including phenoxy) is 2. The highest BCUT2D eigenvalue weighted by molar-refractivity contribution is 7.85. The van der Waals surface area contributed by atoms with E-state index in [1.807, 2.05) is 0 Å². The molecule has 0 saturated carbocycles. The Hall–Kier alpha value is -1.54. The number of aromatic nitrogens is 1. The van der Waals surface area contributed by atoms with Crippen molar-refractivity contribution in [2.45, 2.75) is 19.3 Å². The van der Waals surface area contributed by atoms with E-state index in [9.17, 15) is 8.42 Å². The first-order valence-electron chi connectivity index (χ1n) is 4.69. The lowest BCUT2D eigenvalue weighted by Gasteiger charge is -2.19. The third kappa shape index (κ3) is 2.77. The van der Waals surface area contributed by atoms with E-state index < -0.39 is 15.9 Å². The molecule has 94 valence electrons. The zero-order chi connectivity index (χ0) is 12.5. The minimum Gasteiger partial charge on any atom is -0.451 e. The SMILES string of the molecule is CC1(c2coc(COS(C)(=O)=O)n2)OC=CO1. The Morgan fingerprint density at radius 1 is 1.41 bits per heavy atom. The maximum absolute atomic E-state index is 10.8. The lowest BCUT2D eigenvalue weighted by atomic mass is 10.2. The molecule has 1 aliphatic heterocycles. The van der Waals surface area contributed by atoms with Crippen molar-refractivity contribution in [1.82, 2.24) is 4.98 Å². The van der Waals surface area contributed by atoms with Gasteiger partial charge >= 0.3 is 0 Å². The van der Waals surface area contributed by atoms with Gasteiger partial charge in [0, 0.05) is 6.92 Å². The van der Waals surface area contributed by atoms with Crippen LogP contribution in [0.5, 0.6) is 0 Å². The van der Waals surface area contributed by atoms with Crippen molar-refractivity contribution >= 4 is 10.1 Å². The summed E-state index contributed by atoms with van der Waals surface area (Å²) in [6.45, 7) is 1.40. The van der Waals surface area contributed by atoms with Crippen molar-refractivity contribution in [3.8, 4) is 0 Å². The van der Waals surface area contributed by atoms with Gasteiger partial charge in [0.05, 0.1) is 6.26 Å². The quantitative estimate of drug-likeness (QED) is 0.742. The van der Waals surface area contributed by atoms with E-state index in [0.29, 0.717) is 5.69 Å². The van der Waals surface area contributed by atoms with Crippen molar-refractivity contribution < 1.29 is 26.5 Å². The molecule has 0 aromatic carbocycles. The lowest BCUT2D eigenvalue weighted by Crippen LogP contribution is -2.22. The molecule has 1 aromatic rings. The monoisotopic (exact) mass is 261 g/mol. The Kier molecular flexibility index (Phi) is 2.84. The summed E-state index contributed by atoms with van der Waals surface area (Å²) in [5.41, 5.74) is 0.398. The van der Waals surface area contributed by atoms with Crippen molar-refractivity contribution in [2.75, 3.05) is 6.26 Å². The molecule has 2 rings (SSSR count). The predicted octanol–water partition coefficient (Wildman–Crippen LogP) is 0.842. The minimum atomic E-state index is -3.52. The number of nitrogens with zero attached hydrogens (tertiary/aromatic N) is 1. The van der Waals surface area contributed by atoms with Crippen molar-refractivity contribution in [3.63, 3.8) is 0 Å². The molecule has 0 unspecified atom stereocenters. The second-order valence-corrected chi connectivity index (χ2v) is 5.19. The molecule has 0 fully saturated rings. The highest BCUT2D eigenvalue weighted by Gasteiger charge is 2.35. The average molecular weight is 261 g/mol. The van der Waals surface area contributed by atoms with Gasteiger partial charge in [-0.3, -0.25) is 4.18 Å². The fourth-order valence-electron chi connectivity index (χ4n) is 1.21. The molecule has 8 heteroatoms. The smallest absolute Gasteiger partial charge is 0.294 e. The van der Waals surface area contributed by atoms with E-state index >= 15 is 0 Å². The van der Waals surface area contributed by atoms with E-state index in [1.54, 1.807) is 6.92 Å². The van der Waals surface area contributed by atoms with Crippen LogP contribution in [-0.2, 0) is 36.2 Å². The molecule has 0 atom stereocenters. The largest absolute Gasteiger partial charge is 0.451 e. The van der Waals surface area contributed by atoms with Crippen molar-refractivity contribution in [3.05, 3.63) is 30.4 Å². The van der Waals surface area contributed by atoms with Crippen LogP contribution in [0.3, 0.4) is 0 Å². The summed E-state index contributed by atoms with van der Waals surface area (Å²) in [5, 5.41) is 0. The summed E-state index contributed by atoms with van der Waals surface area (Å²) in [5.74, 6) is -0.905. The van der Waals surface area contributed by atoms with Gasteiger partial charge in [-0.15, -0.1) is 0 Å². The van der Waals surface area contributed by atoms with Crippen LogP contribution in [0.2, 0.25) is 0 Å². The van der Waals surface area contributed by atoms with Crippen molar-refractivity contribution in [2.24, 2.45) is 0 Å². The van der Waals surface area contributed by atoms with E-state index in [-0.39, 0.29) is 12.5 Å². The summed E-state index contributed by atoms with van der Waals surface area (Å²) in [4.78, 5) is 4.02. The molecule has 1 aliphatic rings. The molecule has 2 heterocycles. The molecule has 0 radical (unpaired) electrons. The summed E-state index contributed by atoms with van der Waals surface area (Å²) in [6, 6.07) is 0. The van der Waals surface area contributed by atoms with Crippen LogP contribution in [0.25, 0.3) is 0 Å². The first-order chi connectivity index (χ1) is 7.89. The number of rotatable bonds is 4. The first kappa shape index (κ1) is 11.9. The van der Waals surface area contributed by atoms with Gasteiger partial charge in [-0.2, -0.15) is 8.42 Å². The molecule has 17 heavy (non-hydrogen) atoms. The van der Waals surface area contributed by atoms with E-state index in [2.05, 4.69) is 9.17 Å². The van der Waals surface area contributed by atoms with E-state index in [0.717, 1.165) is 6.26 Å². The van der Waals surface area contributed by atoms with Crippen LogP contribution >= 0.6 is 0 Å². The third-order valence-corrected chi connectivity index (χ3v) is 2.60. The molecule has 1 aromatic heterocycles. The van der Waals surface area contributed by atoms with Crippen LogP contribution < -0.4 is 0 Å². The van der Waals surface area contributed by atoms with Gasteiger partial charge < -0.3 is 13.9 Å². The molecule has 0 aliphatic carbocycles. The number of hydrogen-bond donors (Lipinski definition) is 0. The summed E-state index contributed by atoms with van der Waals surface area (Å²) in [7, 11) is -3.52. The molecular weight excluding hydrogens is 250 g/mol. The van der Waals surface area contributed by atoms with Crippen LogP contribution in [0.4, 0.5) is 0 Å². The molecule has 0 spiro atoms. The van der Waals surface area contributed by atoms with Gasteiger partial charge in [0.1, 0.15) is 25.4 Å². The number of oxazole rings is 1. The van der Waals surface area contributed by atoms with Crippen molar-refractivity contribution in [1.29, 1.82) is 0 Å². The van der Waals surface area contributed by atoms with Gasteiger partial charge in [0.2, 0.25) is 5.89 Å². The fourth-order valence-corrected chi connectivity index (χ4v) is 1.52. The second-order valence-electron chi connectivity index (χ2n) is 3.55. The normalized spacial score (nSPS) is 17.8. The Bertz CT molecular complexity index is 523. The van der Waals surface area contributed by atoms with Gasteiger partial charge in [-0.25, -0.2) is 4.98 Å². The maximum Gasteiger partial charge on any atom is 0.294 e. The highest BCUT2D eigenvalue weighted by atomic mass is 32.2. The van der Waals surface area contributed by atoms with E-state index in [1.165, 1.54) is 18.8 Å². The predicted molar refractivity (Wildman–Crippen MR) is 54.8 cm³/mol. The Morgan fingerprint density at radius 3 is 2.65 bits per heavy atom. The maximum atomic E-state index is 10.8. The Morgan fingerprint density at radius 2 is 2.06 bits per heavy atom. The topological polar surface area (TPSA) is 87.9 Å². The molecule has 0 bridgehead atoms. The highest BCUT2D eigenvalue weighted by Crippen LogP contribution is 2.30. The third-order valence-electron chi connectivity index (χ3n) is 2.05. The van der Waals surface area contributed by atoms with Crippen LogP contribution in [0.15, 0.2) is 23.2 Å². The molecule has 7 nitrogen and oxygen atoms in total. The van der Waals surface area contributed by atoms with Gasteiger partial charge in [0.25, 0.3) is 15.9 Å². The van der Waals surface area contributed by atoms with Gasteiger partial charge in [0.15, 0.2) is 5.69 Å². The van der Waals surface area contributed by atoms with E-state index in [4.69, 9.17) is 13.9 Å². The lowest BCUT2D eigenvalue weighted by molar-refractivity contribution is -0.136. The Labute approximate surface area is 98.1 Å². The van der Waals surface area contributed by atoms with Gasteiger partial charge in [-0.1, -0.05) is 0 Å². The van der Waals surface area contributed by atoms with Crippen LogP contribution in [0.1, 0.15) is 18.5 Å².